The van der Waals surface area contributed by atoms with Gasteiger partial charge in [0.05, 0.1) is 6.10 Å². The van der Waals surface area contributed by atoms with E-state index in [9.17, 15) is 5.11 Å². The van der Waals surface area contributed by atoms with Crippen molar-refractivity contribution in [2.75, 3.05) is 45.8 Å². The van der Waals surface area contributed by atoms with Crippen LogP contribution in [-0.4, -0.2) is 61.9 Å². The van der Waals surface area contributed by atoms with Gasteiger partial charge < -0.3 is 15.7 Å². The lowest BCUT2D eigenvalue weighted by Gasteiger charge is -2.24. The fourth-order valence-corrected chi connectivity index (χ4v) is 3.10. The second-order valence-corrected chi connectivity index (χ2v) is 6.72. The lowest BCUT2D eigenvalue weighted by Crippen LogP contribution is -2.39. The molecule has 1 saturated heterocycles. The quantitative estimate of drug-likeness (QED) is 0.513. The van der Waals surface area contributed by atoms with Crippen molar-refractivity contribution in [1.82, 2.24) is 15.5 Å². The molecule has 0 radical (unpaired) electrons. The number of β-amino-alcohol motifs (C(OH)–C–C–N with tert-alkyl or cyclic N) is 1. The van der Waals surface area contributed by atoms with Crippen LogP contribution in [0.5, 0.6) is 0 Å². The zero-order chi connectivity index (χ0) is 15.9. The Morgan fingerprint density at radius 3 is 1.95 bits per heavy atom. The first-order valence-electron chi connectivity index (χ1n) is 9.64. The third kappa shape index (κ3) is 11.4. The predicted molar refractivity (Wildman–Crippen MR) is 95.4 cm³/mol. The van der Waals surface area contributed by atoms with Gasteiger partial charge in [0.2, 0.25) is 0 Å². The number of nitrogens with one attached hydrogen (secondary N) is 2. The number of hydrogen-bond donors (Lipinski definition) is 3. The third-order valence-electron chi connectivity index (χ3n) is 4.55. The molecule has 1 aliphatic rings. The number of aliphatic hydroxyl groups excluding tert-OH is 1. The molecule has 3 N–H and O–H groups in total. The van der Waals surface area contributed by atoms with Gasteiger partial charge in [0, 0.05) is 45.8 Å². The van der Waals surface area contributed by atoms with Crippen molar-refractivity contribution in [3.05, 3.63) is 0 Å². The van der Waals surface area contributed by atoms with E-state index in [1.54, 1.807) is 0 Å². The van der Waals surface area contributed by atoms with E-state index in [1.807, 2.05) is 0 Å². The van der Waals surface area contributed by atoms with E-state index in [0.29, 0.717) is 0 Å². The van der Waals surface area contributed by atoms with Gasteiger partial charge in [-0.1, -0.05) is 58.3 Å². The van der Waals surface area contributed by atoms with Crippen molar-refractivity contribution in [3.8, 4) is 0 Å². The monoisotopic (exact) mass is 313 g/mol. The third-order valence-corrected chi connectivity index (χ3v) is 4.55. The summed E-state index contributed by atoms with van der Waals surface area (Å²) < 4.78 is 0. The number of rotatable bonds is 11. The van der Waals surface area contributed by atoms with Crippen molar-refractivity contribution in [2.24, 2.45) is 0 Å². The first-order chi connectivity index (χ1) is 10.8. The topological polar surface area (TPSA) is 47.5 Å². The van der Waals surface area contributed by atoms with Crippen molar-refractivity contribution < 1.29 is 5.11 Å². The summed E-state index contributed by atoms with van der Waals surface area (Å²) in [6.07, 6.45) is 11.5. The highest BCUT2D eigenvalue weighted by Gasteiger charge is 2.12. The van der Waals surface area contributed by atoms with Crippen LogP contribution in [0.4, 0.5) is 0 Å². The van der Waals surface area contributed by atoms with Gasteiger partial charge in [-0.2, -0.15) is 0 Å². The molecule has 1 fully saturated rings. The molecule has 22 heavy (non-hydrogen) atoms. The minimum absolute atomic E-state index is 0.152. The lowest BCUT2D eigenvalue weighted by atomic mass is 10.1. The Hall–Kier alpha value is -0.160. The fourth-order valence-electron chi connectivity index (χ4n) is 3.10. The molecule has 0 amide bonds. The van der Waals surface area contributed by atoms with Gasteiger partial charge in [0.25, 0.3) is 0 Å². The maximum atomic E-state index is 10.2. The molecule has 1 unspecified atom stereocenters. The van der Waals surface area contributed by atoms with Crippen molar-refractivity contribution in [2.45, 2.75) is 70.8 Å². The van der Waals surface area contributed by atoms with E-state index in [2.05, 4.69) is 22.5 Å². The Balaban J connectivity index is 1.98. The van der Waals surface area contributed by atoms with E-state index < -0.39 is 0 Å². The van der Waals surface area contributed by atoms with Gasteiger partial charge in [0.1, 0.15) is 0 Å². The molecule has 0 bridgehead atoms. The fraction of sp³-hybridized carbons (Fsp3) is 1.00. The highest BCUT2D eigenvalue weighted by atomic mass is 16.3. The maximum absolute atomic E-state index is 10.2. The Morgan fingerprint density at radius 2 is 1.36 bits per heavy atom. The standard InChI is InChI=1S/C18H39N3O/c1-2-3-4-5-6-7-8-9-10-18(22)17-21-15-13-19-11-12-20-14-16-21/h18-20,22H,2-17H2,1H3. The molecular weight excluding hydrogens is 274 g/mol. The zero-order valence-corrected chi connectivity index (χ0v) is 14.8. The van der Waals surface area contributed by atoms with Crippen LogP contribution in [0.1, 0.15) is 64.7 Å². The SMILES string of the molecule is CCCCCCCCCCC(O)CN1CCNCCNCC1. The van der Waals surface area contributed by atoms with E-state index in [4.69, 9.17) is 0 Å². The molecule has 0 aliphatic carbocycles. The minimum Gasteiger partial charge on any atom is -0.392 e. The molecule has 1 heterocycles. The number of aliphatic hydroxyl groups is 1. The van der Waals surface area contributed by atoms with Crippen molar-refractivity contribution in [1.29, 1.82) is 0 Å². The molecule has 0 aromatic carbocycles. The highest BCUT2D eigenvalue weighted by molar-refractivity contribution is 4.69. The van der Waals surface area contributed by atoms with Crippen LogP contribution in [0.25, 0.3) is 0 Å². The van der Waals surface area contributed by atoms with E-state index in [-0.39, 0.29) is 6.10 Å². The van der Waals surface area contributed by atoms with E-state index >= 15 is 0 Å². The summed E-state index contributed by atoms with van der Waals surface area (Å²) >= 11 is 0. The van der Waals surface area contributed by atoms with E-state index in [0.717, 1.165) is 52.2 Å². The Morgan fingerprint density at radius 1 is 0.818 bits per heavy atom. The average molecular weight is 314 g/mol. The van der Waals surface area contributed by atoms with Crippen LogP contribution in [0.3, 0.4) is 0 Å². The predicted octanol–water partition coefficient (Wildman–Crippen LogP) is 2.37. The van der Waals surface area contributed by atoms with Gasteiger partial charge in [-0.05, 0) is 6.42 Å². The van der Waals surface area contributed by atoms with Gasteiger partial charge in [-0.15, -0.1) is 0 Å². The first kappa shape index (κ1) is 19.9. The van der Waals surface area contributed by atoms with E-state index in [1.165, 1.54) is 51.4 Å². The smallest absolute Gasteiger partial charge is 0.0667 e. The molecule has 4 heteroatoms. The van der Waals surface area contributed by atoms with Crippen LogP contribution in [0.15, 0.2) is 0 Å². The summed E-state index contributed by atoms with van der Waals surface area (Å²) in [6.45, 7) is 9.37. The van der Waals surface area contributed by atoms with Crippen LogP contribution < -0.4 is 10.6 Å². The molecule has 132 valence electrons. The Kier molecular flexibility index (Phi) is 13.0. The van der Waals surface area contributed by atoms with Crippen LogP contribution in [0.2, 0.25) is 0 Å². The molecular formula is C18H39N3O. The highest BCUT2D eigenvalue weighted by Crippen LogP contribution is 2.11. The average Bonchev–Trinajstić information content (AvgIpc) is 2.64. The van der Waals surface area contributed by atoms with Gasteiger partial charge in [0.15, 0.2) is 0 Å². The molecule has 1 aliphatic heterocycles. The number of nitrogens with zero attached hydrogens (tertiary/aromatic N) is 1. The molecule has 0 saturated carbocycles. The molecule has 1 rings (SSSR count). The van der Waals surface area contributed by atoms with Crippen molar-refractivity contribution in [3.63, 3.8) is 0 Å². The summed E-state index contributed by atoms with van der Waals surface area (Å²) in [5.74, 6) is 0. The summed E-state index contributed by atoms with van der Waals surface area (Å²) in [5, 5.41) is 17.1. The van der Waals surface area contributed by atoms with Crippen LogP contribution in [0, 0.1) is 0 Å². The lowest BCUT2D eigenvalue weighted by molar-refractivity contribution is 0.104. The van der Waals surface area contributed by atoms with Gasteiger partial charge in [-0.25, -0.2) is 0 Å². The Bertz CT molecular complexity index is 228. The minimum atomic E-state index is -0.152. The molecule has 1 atom stereocenters. The molecule has 4 nitrogen and oxygen atoms in total. The molecule has 0 aromatic rings. The van der Waals surface area contributed by atoms with Gasteiger partial charge in [-0.3, -0.25) is 4.90 Å². The Labute approximate surface area is 138 Å². The first-order valence-corrected chi connectivity index (χ1v) is 9.64. The molecule has 0 spiro atoms. The second-order valence-electron chi connectivity index (χ2n) is 6.72. The largest absolute Gasteiger partial charge is 0.392 e. The summed E-state index contributed by atoms with van der Waals surface area (Å²) in [6, 6.07) is 0. The number of unbranched alkanes of at least 4 members (excludes halogenated alkanes) is 7. The van der Waals surface area contributed by atoms with Crippen LogP contribution in [-0.2, 0) is 0 Å². The summed E-state index contributed by atoms with van der Waals surface area (Å²) in [4.78, 5) is 2.39. The second kappa shape index (κ2) is 14.4. The molecule has 0 aromatic heterocycles. The zero-order valence-electron chi connectivity index (χ0n) is 14.8. The maximum Gasteiger partial charge on any atom is 0.0667 e. The van der Waals surface area contributed by atoms with Crippen molar-refractivity contribution >= 4 is 0 Å². The van der Waals surface area contributed by atoms with Gasteiger partial charge >= 0.3 is 0 Å². The van der Waals surface area contributed by atoms with Crippen LogP contribution >= 0.6 is 0 Å². The normalized spacial score (nSPS) is 19.4. The summed E-state index contributed by atoms with van der Waals surface area (Å²) in [7, 11) is 0. The number of hydrogen-bond acceptors (Lipinski definition) is 4. The summed E-state index contributed by atoms with van der Waals surface area (Å²) in [5.41, 5.74) is 0.